The molecule has 0 unspecified atom stereocenters. The Morgan fingerprint density at radius 3 is 2.78 bits per heavy atom. The number of carbonyl (C=O) groups is 1. The topological polar surface area (TPSA) is 72.3 Å². The molecule has 1 aromatic carbocycles. The Balaban J connectivity index is 2.74. The third-order valence-corrected chi connectivity index (χ3v) is 3.04. The fourth-order valence-electron chi connectivity index (χ4n) is 1.77. The molecule has 1 rings (SSSR count). The quantitative estimate of drug-likeness (QED) is 0.744. The summed E-state index contributed by atoms with van der Waals surface area (Å²) in [5, 5.41) is 0.662. The summed E-state index contributed by atoms with van der Waals surface area (Å²) in [7, 11) is 0. The first kappa shape index (κ1) is 14.8. The zero-order valence-electron chi connectivity index (χ0n) is 10.7. The van der Waals surface area contributed by atoms with Crippen LogP contribution < -0.4 is 11.5 Å². The van der Waals surface area contributed by atoms with Crippen LogP contribution in [-0.4, -0.2) is 23.9 Å². The van der Waals surface area contributed by atoms with E-state index in [1.165, 1.54) is 0 Å². The van der Waals surface area contributed by atoms with E-state index in [-0.39, 0.29) is 12.5 Å². The summed E-state index contributed by atoms with van der Waals surface area (Å²) in [6.45, 7) is 3.76. The van der Waals surface area contributed by atoms with Crippen molar-refractivity contribution < 1.29 is 4.79 Å². The molecule has 0 radical (unpaired) electrons. The zero-order valence-corrected chi connectivity index (χ0v) is 11.4. The van der Waals surface area contributed by atoms with Crippen molar-refractivity contribution in [3.63, 3.8) is 0 Å². The van der Waals surface area contributed by atoms with Crippen LogP contribution in [0, 0.1) is 0 Å². The molecule has 0 atom stereocenters. The molecule has 0 saturated heterocycles. The number of primary amides is 1. The largest absolute Gasteiger partial charge is 0.399 e. The standard InChI is InChI=1S/C13H20ClN3O/c1-2-3-6-17(9-13(16)18)8-10-7-11(15)4-5-12(10)14/h4-5,7H,2-3,6,8-9,15H2,1H3,(H2,16,18). The van der Waals surface area contributed by atoms with E-state index < -0.39 is 0 Å². The highest BCUT2D eigenvalue weighted by Crippen LogP contribution is 2.20. The molecular formula is C13H20ClN3O. The molecule has 4 N–H and O–H groups in total. The molecule has 0 bridgehead atoms. The Bertz CT molecular complexity index is 409. The van der Waals surface area contributed by atoms with Gasteiger partial charge in [0.2, 0.25) is 5.91 Å². The van der Waals surface area contributed by atoms with E-state index in [1.807, 2.05) is 11.0 Å². The van der Waals surface area contributed by atoms with Gasteiger partial charge in [0.25, 0.3) is 0 Å². The van der Waals surface area contributed by atoms with Crippen molar-refractivity contribution in [2.45, 2.75) is 26.3 Å². The molecule has 0 aliphatic heterocycles. The second-order valence-electron chi connectivity index (χ2n) is 4.38. The smallest absolute Gasteiger partial charge is 0.231 e. The van der Waals surface area contributed by atoms with E-state index in [0.29, 0.717) is 17.3 Å². The highest BCUT2D eigenvalue weighted by molar-refractivity contribution is 6.31. The number of nitrogens with two attached hydrogens (primary N) is 2. The molecule has 4 nitrogen and oxygen atoms in total. The predicted molar refractivity (Wildman–Crippen MR) is 75.2 cm³/mol. The monoisotopic (exact) mass is 269 g/mol. The lowest BCUT2D eigenvalue weighted by atomic mass is 10.1. The average molecular weight is 270 g/mol. The van der Waals surface area contributed by atoms with Crippen molar-refractivity contribution >= 4 is 23.2 Å². The minimum absolute atomic E-state index is 0.241. The fourth-order valence-corrected chi connectivity index (χ4v) is 1.95. The van der Waals surface area contributed by atoms with Crippen LogP contribution in [0.15, 0.2) is 18.2 Å². The Kier molecular flexibility index (Phi) is 5.95. The summed E-state index contributed by atoms with van der Waals surface area (Å²) in [6.07, 6.45) is 2.09. The van der Waals surface area contributed by atoms with Crippen molar-refractivity contribution in [3.8, 4) is 0 Å². The molecule has 5 heteroatoms. The van der Waals surface area contributed by atoms with Crippen molar-refractivity contribution in [2.24, 2.45) is 5.73 Å². The number of amides is 1. The molecule has 100 valence electrons. The van der Waals surface area contributed by atoms with Gasteiger partial charge >= 0.3 is 0 Å². The van der Waals surface area contributed by atoms with Crippen LogP contribution in [0.4, 0.5) is 5.69 Å². The number of hydrogen-bond acceptors (Lipinski definition) is 3. The lowest BCUT2D eigenvalue weighted by Gasteiger charge is -2.21. The Hall–Kier alpha value is -1.26. The second-order valence-corrected chi connectivity index (χ2v) is 4.79. The first-order valence-corrected chi connectivity index (χ1v) is 6.45. The predicted octanol–water partition coefficient (Wildman–Crippen LogP) is 2.01. The van der Waals surface area contributed by atoms with Crippen LogP contribution in [0.1, 0.15) is 25.3 Å². The molecule has 0 aliphatic rings. The van der Waals surface area contributed by atoms with Crippen molar-refractivity contribution in [3.05, 3.63) is 28.8 Å². The maximum Gasteiger partial charge on any atom is 0.231 e. The van der Waals surface area contributed by atoms with Gasteiger partial charge in [-0.2, -0.15) is 0 Å². The number of nitrogen functional groups attached to an aromatic ring is 1. The minimum atomic E-state index is -0.328. The van der Waals surface area contributed by atoms with Gasteiger partial charge in [0.1, 0.15) is 0 Å². The maximum atomic E-state index is 11.0. The van der Waals surface area contributed by atoms with Crippen LogP contribution in [0.3, 0.4) is 0 Å². The van der Waals surface area contributed by atoms with E-state index in [0.717, 1.165) is 24.9 Å². The third kappa shape index (κ3) is 4.94. The molecule has 18 heavy (non-hydrogen) atoms. The first-order chi connectivity index (χ1) is 8.52. The third-order valence-electron chi connectivity index (χ3n) is 2.67. The summed E-state index contributed by atoms with van der Waals surface area (Å²) in [4.78, 5) is 13.0. The average Bonchev–Trinajstić information content (AvgIpc) is 2.30. The van der Waals surface area contributed by atoms with Gasteiger partial charge in [0.15, 0.2) is 0 Å². The highest BCUT2D eigenvalue weighted by Gasteiger charge is 2.11. The molecule has 0 fully saturated rings. The highest BCUT2D eigenvalue weighted by atomic mass is 35.5. The molecular weight excluding hydrogens is 250 g/mol. The van der Waals surface area contributed by atoms with E-state index >= 15 is 0 Å². The molecule has 1 amide bonds. The van der Waals surface area contributed by atoms with Gasteiger partial charge in [-0.3, -0.25) is 9.69 Å². The van der Waals surface area contributed by atoms with Gasteiger partial charge in [-0.05, 0) is 36.7 Å². The molecule has 0 spiro atoms. The number of carbonyl (C=O) groups excluding carboxylic acids is 1. The van der Waals surface area contributed by atoms with E-state index in [4.69, 9.17) is 23.1 Å². The number of rotatable bonds is 7. The Morgan fingerprint density at radius 2 is 2.17 bits per heavy atom. The molecule has 1 aromatic rings. The van der Waals surface area contributed by atoms with Gasteiger partial charge < -0.3 is 11.5 Å². The number of hydrogen-bond donors (Lipinski definition) is 2. The van der Waals surface area contributed by atoms with Gasteiger partial charge in [-0.15, -0.1) is 0 Å². The minimum Gasteiger partial charge on any atom is -0.399 e. The van der Waals surface area contributed by atoms with Crippen LogP contribution >= 0.6 is 11.6 Å². The van der Waals surface area contributed by atoms with Gasteiger partial charge in [0, 0.05) is 17.3 Å². The van der Waals surface area contributed by atoms with Gasteiger partial charge in [0.05, 0.1) is 6.54 Å². The second kappa shape index (κ2) is 7.24. The Labute approximate surface area is 113 Å². The van der Waals surface area contributed by atoms with Crippen molar-refractivity contribution in [2.75, 3.05) is 18.8 Å². The first-order valence-electron chi connectivity index (χ1n) is 6.07. The van der Waals surface area contributed by atoms with E-state index in [9.17, 15) is 4.79 Å². The van der Waals surface area contributed by atoms with Crippen molar-refractivity contribution in [1.82, 2.24) is 4.90 Å². The van der Waals surface area contributed by atoms with Crippen LogP contribution in [0.5, 0.6) is 0 Å². The Morgan fingerprint density at radius 1 is 1.44 bits per heavy atom. The summed E-state index contributed by atoms with van der Waals surface area (Å²) in [5.74, 6) is -0.328. The number of nitrogens with zero attached hydrogens (tertiary/aromatic N) is 1. The van der Waals surface area contributed by atoms with Gasteiger partial charge in [-0.25, -0.2) is 0 Å². The number of unbranched alkanes of at least 4 members (excludes halogenated alkanes) is 1. The van der Waals surface area contributed by atoms with Crippen molar-refractivity contribution in [1.29, 1.82) is 0 Å². The molecule has 0 aromatic heterocycles. The normalized spacial score (nSPS) is 10.8. The van der Waals surface area contributed by atoms with Crippen LogP contribution in [0.25, 0.3) is 0 Å². The van der Waals surface area contributed by atoms with E-state index in [2.05, 4.69) is 6.92 Å². The lowest BCUT2D eigenvalue weighted by molar-refractivity contribution is -0.119. The van der Waals surface area contributed by atoms with Crippen LogP contribution in [0.2, 0.25) is 5.02 Å². The number of benzene rings is 1. The number of anilines is 1. The van der Waals surface area contributed by atoms with Gasteiger partial charge in [-0.1, -0.05) is 24.9 Å². The zero-order chi connectivity index (χ0) is 13.5. The van der Waals surface area contributed by atoms with E-state index in [1.54, 1.807) is 12.1 Å². The summed E-state index contributed by atoms with van der Waals surface area (Å²) in [5.41, 5.74) is 12.6. The summed E-state index contributed by atoms with van der Waals surface area (Å²) >= 11 is 6.11. The summed E-state index contributed by atoms with van der Waals surface area (Å²) in [6, 6.07) is 5.37. The van der Waals surface area contributed by atoms with Crippen LogP contribution in [-0.2, 0) is 11.3 Å². The lowest BCUT2D eigenvalue weighted by Crippen LogP contribution is -2.34. The SMILES string of the molecule is CCCCN(CC(N)=O)Cc1cc(N)ccc1Cl. The fraction of sp³-hybridized carbons (Fsp3) is 0.462. The molecule has 0 aliphatic carbocycles. The maximum absolute atomic E-state index is 11.0. The molecule has 0 saturated carbocycles. The molecule has 0 heterocycles. The summed E-state index contributed by atoms with van der Waals surface area (Å²) < 4.78 is 0. The number of halogens is 1.